The van der Waals surface area contributed by atoms with E-state index in [4.69, 9.17) is 29.8 Å². The Morgan fingerprint density at radius 2 is 0.584 bits per heavy atom. The minimum Gasteiger partial charge on any atom is -0.477 e. The number of nitrogens with one attached hydrogen (secondary N) is 3. The second kappa shape index (κ2) is 35.8. The minimum atomic E-state index is -1.16. The highest BCUT2D eigenvalue weighted by Crippen LogP contribution is 2.57. The number of hydrogen-bond acceptors (Lipinski definition) is 21. The van der Waals surface area contributed by atoms with E-state index in [-0.39, 0.29) is 134 Å². The van der Waals surface area contributed by atoms with Gasteiger partial charge in [0.05, 0.1) is 6.04 Å². The number of halogens is 4. The number of pyridine rings is 8. The lowest BCUT2D eigenvalue weighted by atomic mass is 10.1. The topological polar surface area (TPSA) is 372 Å². The van der Waals surface area contributed by atoms with Gasteiger partial charge in [-0.2, -0.15) is 0 Å². The van der Waals surface area contributed by atoms with Crippen LogP contribution in [0.5, 0.6) is 46.0 Å². The Hall–Kier alpha value is -15.3. The summed E-state index contributed by atoms with van der Waals surface area (Å²) in [6.45, 7) is 0. The van der Waals surface area contributed by atoms with Crippen molar-refractivity contribution in [2.45, 2.75) is 73.5 Å². The number of nitrogens with zero attached hydrogens (tertiary/aromatic N) is 12. The van der Waals surface area contributed by atoms with E-state index >= 15 is 0 Å². The second-order valence-corrected chi connectivity index (χ2v) is 30.6. The monoisotopic (exact) mass is 1690 g/mol. The highest BCUT2D eigenvalue weighted by atomic mass is 19.1. The van der Waals surface area contributed by atoms with Gasteiger partial charge >= 0.3 is 5.97 Å². The van der Waals surface area contributed by atoms with Crippen molar-refractivity contribution in [3.8, 4) is 46.0 Å². The smallest absolute Gasteiger partial charge is 0.354 e. The number of carboxylic acids is 1. The number of amides is 7. The number of aromatic nitrogens is 8. The van der Waals surface area contributed by atoms with Crippen molar-refractivity contribution in [2.75, 3.05) is 47.8 Å². The lowest BCUT2D eigenvalue weighted by molar-refractivity contribution is -0.121. The summed E-state index contributed by atoms with van der Waals surface area (Å²) in [6, 6.07) is 48.5. The fourth-order valence-corrected chi connectivity index (χ4v) is 15.9. The van der Waals surface area contributed by atoms with Crippen molar-refractivity contribution in [3.05, 3.63) is 312 Å². The van der Waals surface area contributed by atoms with Crippen LogP contribution < -0.4 is 60.2 Å². The first-order chi connectivity index (χ1) is 60.4. The number of fused-ring (bicyclic) bond motifs is 12. The van der Waals surface area contributed by atoms with Gasteiger partial charge in [-0.05, 0) is 192 Å². The van der Waals surface area contributed by atoms with Crippen LogP contribution >= 0.6 is 0 Å². The van der Waals surface area contributed by atoms with Gasteiger partial charge in [-0.3, -0.25) is 68.1 Å². The molecule has 4 aliphatic heterocycles. The molecule has 4 saturated carbocycles. The normalized spacial score (nSPS) is 21.4. The van der Waals surface area contributed by atoms with E-state index in [1.54, 1.807) is 100 Å². The molecule has 20 rings (SSSR count). The molecule has 4 fully saturated rings. The first-order valence-electron chi connectivity index (χ1n) is 39.8. The average Bonchev–Trinajstić information content (AvgIpc) is 1.60. The van der Waals surface area contributed by atoms with E-state index in [9.17, 15) is 55.9 Å². The third kappa shape index (κ3) is 18.2. The third-order valence-corrected chi connectivity index (χ3v) is 22.6. The number of nitrogens with two attached hydrogens (primary N) is 1. The molecular formula is C92H78F4N16O13. The summed E-state index contributed by atoms with van der Waals surface area (Å²) in [6.07, 6.45) is 15.7. The van der Waals surface area contributed by atoms with Gasteiger partial charge < -0.3 is 45.7 Å². The molecule has 2 unspecified atom stereocenters. The number of carbonyl (C=O) groups is 8. The van der Waals surface area contributed by atoms with Crippen molar-refractivity contribution in [2.24, 2.45) is 29.4 Å². The van der Waals surface area contributed by atoms with E-state index in [0.717, 1.165) is 48.2 Å². The van der Waals surface area contributed by atoms with Crippen LogP contribution in [0.25, 0.3) is 0 Å². The molecule has 125 heavy (non-hydrogen) atoms. The molecule has 0 radical (unpaired) electrons. The van der Waals surface area contributed by atoms with Crippen LogP contribution in [-0.2, 0) is 19.2 Å². The lowest BCUT2D eigenvalue weighted by Gasteiger charge is -2.22. The number of ether oxygens (including phenoxy) is 4. The van der Waals surface area contributed by atoms with Crippen molar-refractivity contribution >= 4 is 70.6 Å². The molecule has 12 atom stereocenters. The lowest BCUT2D eigenvalue weighted by Crippen LogP contribution is -2.48. The summed E-state index contributed by atoms with van der Waals surface area (Å²) < 4.78 is 76.7. The number of anilines is 4. The molecule has 0 bridgehead atoms. The molecule has 7 amide bonds. The van der Waals surface area contributed by atoms with Crippen molar-refractivity contribution in [1.29, 1.82) is 0 Å². The maximum Gasteiger partial charge on any atom is 0.354 e. The van der Waals surface area contributed by atoms with Gasteiger partial charge in [0.1, 0.15) is 81.5 Å². The molecule has 12 heterocycles. The number of para-hydroxylation sites is 4. The molecule has 632 valence electrons. The van der Waals surface area contributed by atoms with Crippen molar-refractivity contribution in [3.63, 3.8) is 0 Å². The van der Waals surface area contributed by atoms with E-state index < -0.39 is 65.1 Å². The summed E-state index contributed by atoms with van der Waals surface area (Å²) >= 11 is 0. The van der Waals surface area contributed by atoms with Crippen LogP contribution in [0.3, 0.4) is 0 Å². The van der Waals surface area contributed by atoms with Gasteiger partial charge in [0.2, 0.25) is 5.91 Å². The van der Waals surface area contributed by atoms with Crippen molar-refractivity contribution < 1.29 is 80.0 Å². The summed E-state index contributed by atoms with van der Waals surface area (Å²) in [5.74, 6) is -0.0369. The highest BCUT2D eigenvalue weighted by Gasteiger charge is 2.56. The molecule has 0 saturated heterocycles. The Morgan fingerprint density at radius 3 is 0.864 bits per heavy atom. The maximum atomic E-state index is 13.9. The molecule has 4 aromatic carbocycles. The summed E-state index contributed by atoms with van der Waals surface area (Å²) in [7, 11) is 6.75. The van der Waals surface area contributed by atoms with Gasteiger partial charge in [0.25, 0.3) is 35.4 Å². The van der Waals surface area contributed by atoms with Gasteiger partial charge in [0.15, 0.2) is 52.0 Å². The predicted octanol–water partition coefficient (Wildman–Crippen LogP) is 13.1. The Balaban J connectivity index is 0.000000118. The zero-order chi connectivity index (χ0) is 87.4. The van der Waals surface area contributed by atoms with Crippen LogP contribution in [0.15, 0.2) is 244 Å². The van der Waals surface area contributed by atoms with E-state index in [0.29, 0.717) is 29.3 Å². The molecule has 4 aliphatic carbocycles. The Bertz CT molecular complexity index is 5760. The zero-order valence-electron chi connectivity index (χ0n) is 67.2. The van der Waals surface area contributed by atoms with Gasteiger partial charge in [0, 0.05) is 102 Å². The first-order valence-corrected chi connectivity index (χ1v) is 39.8. The molecule has 33 heteroatoms. The Kier molecular flexibility index (Phi) is 23.9. The molecular weight excluding hydrogens is 1610 g/mol. The number of hydrogen-bond donors (Lipinski definition) is 5. The molecule has 0 spiro atoms. The van der Waals surface area contributed by atoms with Crippen LogP contribution in [0, 0.1) is 46.9 Å². The van der Waals surface area contributed by atoms with E-state index in [2.05, 4.69) is 61.9 Å². The molecule has 6 N–H and O–H groups in total. The Morgan fingerprint density at radius 1 is 0.336 bits per heavy atom. The Labute approximate surface area is 711 Å². The fraction of sp³-hybridized carbons (Fsp3) is 0.217. The third-order valence-electron chi connectivity index (χ3n) is 22.6. The second-order valence-electron chi connectivity index (χ2n) is 30.6. The summed E-state index contributed by atoms with van der Waals surface area (Å²) in [5, 5.41) is 17.2. The van der Waals surface area contributed by atoms with E-state index in [1.165, 1.54) is 148 Å². The number of rotatable bonds is 15. The highest BCUT2D eigenvalue weighted by molar-refractivity contribution is 6.05. The fourth-order valence-electron chi connectivity index (χ4n) is 15.9. The number of carboxylic acid groups (broad SMARTS) is 1. The maximum absolute atomic E-state index is 13.9. The first kappa shape index (κ1) is 83.4. The van der Waals surface area contributed by atoms with E-state index in [1.807, 2.05) is 42.5 Å². The van der Waals surface area contributed by atoms with Crippen LogP contribution in [0.1, 0.15) is 114 Å². The van der Waals surface area contributed by atoms with Crippen LogP contribution in [-0.4, -0.2) is 145 Å². The van der Waals surface area contributed by atoms with Gasteiger partial charge in [-0.1, -0.05) is 72.8 Å². The van der Waals surface area contributed by atoms with Crippen molar-refractivity contribution in [1.82, 2.24) is 55.8 Å². The summed E-state index contributed by atoms with van der Waals surface area (Å²) in [5.41, 5.74) is 10.3. The molecule has 12 aromatic rings. The SMILES string of the molecule is CN1C(=O)[C@@H](N)C2C[C@H]2c2cccnc21.CN1C(=O)[C@@H](NC(=O)c2cc(Oc3ccccc3F)ccn2)C2C[C@H]2c2cccnc21.CN1C(=O)[C@@H](NC(=O)c2cc(Oc3ccccc3F)ccn2)[C@H]2C[C@H]2c2cccnc21.CN1C(=O)[C@H](NC(=O)c2cc(Oc3ccccc3F)ccn2)[C@@H]2C[C@@H]2c2cccnc21.O=C(O)c1cc(Oc2ccccc2F)ccn1. The number of likely N-dealkylation sites (N-methyl/N-ethyl adjacent to an activating group) is 4. The largest absolute Gasteiger partial charge is 0.477 e. The number of benzene rings is 4. The standard InChI is InChI=1S/3C23H19FN4O3.C12H8FNO3.C11H13N3O/c3*1-28-21-14(5-4-9-26-21)15-12-16(15)20(23(28)30)27-22(29)18-11-13(8-10-25-18)31-19-7-3-2-6-17(19)24;13-9-3-1-2-4-11(9)17-8-5-6-14-10(7-8)12(15)16;1-14-10-6(3-2-4-13-10)7-5-8(7)9(12)11(14)15/h3*2-11,15-16,20H,12H2,1H3,(H,27,29);1-7H,(H,15,16);2-4,7-9H,5,12H2,1H3/t15-,16?,20-;2*15-,16-,20-;;7-,8?,9-/m010.0/s1. The number of aromatic carboxylic acids is 1. The molecule has 29 nitrogen and oxygen atoms in total. The molecule has 8 aliphatic rings. The van der Waals surface area contributed by atoms with Gasteiger partial charge in [-0.15, -0.1) is 0 Å². The minimum absolute atomic E-state index is 0.0139. The zero-order valence-corrected chi connectivity index (χ0v) is 67.2. The quantitative estimate of drug-likeness (QED) is 0.0595. The summed E-state index contributed by atoms with van der Waals surface area (Å²) in [4.78, 5) is 140. The number of carbonyl (C=O) groups excluding carboxylic acids is 7. The van der Waals surface area contributed by atoms with Gasteiger partial charge in [-0.25, -0.2) is 47.3 Å². The van der Waals surface area contributed by atoms with Crippen LogP contribution in [0.2, 0.25) is 0 Å². The van der Waals surface area contributed by atoms with Crippen LogP contribution in [0.4, 0.5) is 40.8 Å². The predicted molar refractivity (Wildman–Crippen MR) is 446 cm³/mol. The average molecular weight is 1690 g/mol. The molecule has 8 aromatic heterocycles.